The van der Waals surface area contributed by atoms with Gasteiger partial charge < -0.3 is 0 Å². The molecule has 0 saturated carbocycles. The molecule has 0 spiro atoms. The average molecular weight is 274 g/mol. The Morgan fingerprint density at radius 3 is 2.85 bits per heavy atom. The van der Waals surface area contributed by atoms with E-state index in [9.17, 15) is 4.79 Å². The second-order valence-electron chi connectivity index (χ2n) is 4.96. The molecule has 0 fully saturated rings. The predicted octanol–water partition coefficient (Wildman–Crippen LogP) is 3.17. The largest absolute Gasteiger partial charge is 0.291 e. The van der Waals surface area contributed by atoms with Crippen molar-refractivity contribution in [1.29, 1.82) is 0 Å². The molecule has 0 aliphatic rings. The van der Waals surface area contributed by atoms with Crippen molar-refractivity contribution in [1.82, 2.24) is 9.97 Å². The minimum Gasteiger partial charge on any atom is -0.291 e. The Kier molecular flexibility index (Phi) is 6.43. The normalized spacial score (nSPS) is 11.7. The molecule has 108 valence electrons. The number of nitrogens with one attached hydrogen (secondary N) is 2. The molecule has 20 heavy (non-hydrogen) atoms. The molecule has 0 bridgehead atoms. The van der Waals surface area contributed by atoms with Crippen LogP contribution in [0, 0.1) is 6.92 Å². The summed E-state index contributed by atoms with van der Waals surface area (Å²) in [7, 11) is 0. The van der Waals surface area contributed by atoms with Crippen molar-refractivity contribution in [2.75, 3.05) is 5.43 Å². The molecule has 0 amide bonds. The van der Waals surface area contributed by atoms with Crippen LogP contribution in [0.5, 0.6) is 0 Å². The summed E-state index contributed by atoms with van der Waals surface area (Å²) in [4.78, 5) is 17.9. The van der Waals surface area contributed by atoms with Gasteiger partial charge in [0, 0.05) is 18.0 Å². The molecule has 1 aromatic heterocycles. The zero-order valence-electron chi connectivity index (χ0n) is 12.5. The predicted molar refractivity (Wildman–Crippen MR) is 84.1 cm³/mol. The molecule has 0 unspecified atom stereocenters. The summed E-state index contributed by atoms with van der Waals surface area (Å²) in [5.41, 5.74) is 5.75. The number of aryl methyl sites for hydroxylation is 1. The van der Waals surface area contributed by atoms with Crippen LogP contribution in [-0.2, 0) is 0 Å². The van der Waals surface area contributed by atoms with Crippen LogP contribution in [0.15, 0.2) is 39.3 Å². The number of aromatic amines is 1. The number of anilines is 1. The Labute approximate surface area is 119 Å². The van der Waals surface area contributed by atoms with E-state index in [2.05, 4.69) is 47.3 Å². The highest BCUT2D eigenvalue weighted by molar-refractivity contribution is 5.72. The standard InChI is InChI=1S/C15H22N4O/c1-11(2)6-5-7-12(3)8-9-16-19-15-17-13(4)10-14(20)18-15/h6,8-10H,5,7H2,1-4H3,(H2,17,18,19,20)/b12-8-,16-9?. The highest BCUT2D eigenvalue weighted by Crippen LogP contribution is 2.05. The first-order valence-corrected chi connectivity index (χ1v) is 6.63. The van der Waals surface area contributed by atoms with Gasteiger partial charge in [-0.05, 0) is 46.6 Å². The summed E-state index contributed by atoms with van der Waals surface area (Å²) >= 11 is 0. The molecule has 2 N–H and O–H groups in total. The van der Waals surface area contributed by atoms with Gasteiger partial charge in [0.05, 0.1) is 0 Å². The lowest BCUT2D eigenvalue weighted by Gasteiger charge is -1.99. The van der Waals surface area contributed by atoms with Gasteiger partial charge in [-0.1, -0.05) is 17.2 Å². The third-order valence-electron chi connectivity index (χ3n) is 2.57. The maximum Gasteiger partial charge on any atom is 0.252 e. The topological polar surface area (TPSA) is 70.1 Å². The SMILES string of the molecule is CC(C)=CCC/C(C)=C\C=NNc1nc(C)cc(=O)[nH]1. The number of hydrogen-bond acceptors (Lipinski definition) is 4. The van der Waals surface area contributed by atoms with Crippen LogP contribution in [0.25, 0.3) is 0 Å². The van der Waals surface area contributed by atoms with E-state index >= 15 is 0 Å². The maximum absolute atomic E-state index is 11.2. The van der Waals surface area contributed by atoms with Gasteiger partial charge in [0.15, 0.2) is 0 Å². The van der Waals surface area contributed by atoms with E-state index in [0.717, 1.165) is 12.8 Å². The van der Waals surface area contributed by atoms with Gasteiger partial charge in [-0.3, -0.25) is 9.78 Å². The van der Waals surface area contributed by atoms with Crippen molar-refractivity contribution in [3.05, 3.63) is 45.4 Å². The molecule has 0 aliphatic heterocycles. The fraction of sp³-hybridized carbons (Fsp3) is 0.400. The molecule has 0 aromatic carbocycles. The van der Waals surface area contributed by atoms with Crippen molar-refractivity contribution in [3.63, 3.8) is 0 Å². The van der Waals surface area contributed by atoms with E-state index in [1.54, 1.807) is 13.1 Å². The first-order chi connectivity index (χ1) is 9.47. The molecule has 5 nitrogen and oxygen atoms in total. The van der Waals surface area contributed by atoms with E-state index in [1.807, 2.05) is 6.08 Å². The first-order valence-electron chi connectivity index (χ1n) is 6.63. The van der Waals surface area contributed by atoms with Crippen LogP contribution in [0.3, 0.4) is 0 Å². The Hall–Kier alpha value is -2.17. The van der Waals surface area contributed by atoms with Crippen LogP contribution in [-0.4, -0.2) is 16.2 Å². The molecule has 1 aromatic rings. The van der Waals surface area contributed by atoms with Gasteiger partial charge in [0.1, 0.15) is 0 Å². The quantitative estimate of drug-likeness (QED) is 0.475. The summed E-state index contributed by atoms with van der Waals surface area (Å²) in [6, 6.07) is 1.43. The third kappa shape index (κ3) is 6.68. The molecule has 1 rings (SSSR count). The van der Waals surface area contributed by atoms with Gasteiger partial charge in [-0.25, -0.2) is 10.4 Å². The highest BCUT2D eigenvalue weighted by Gasteiger charge is 1.94. The van der Waals surface area contributed by atoms with Crippen LogP contribution in [0.1, 0.15) is 39.3 Å². The molecule has 1 heterocycles. The Bertz CT molecular complexity index is 578. The van der Waals surface area contributed by atoms with Gasteiger partial charge >= 0.3 is 0 Å². The van der Waals surface area contributed by atoms with E-state index in [4.69, 9.17) is 0 Å². The molecule has 5 heteroatoms. The first kappa shape index (κ1) is 15.9. The molecular formula is C15H22N4O. The number of H-pyrrole nitrogens is 1. The van der Waals surface area contributed by atoms with Gasteiger partial charge in [0.25, 0.3) is 5.56 Å². The van der Waals surface area contributed by atoms with E-state index in [0.29, 0.717) is 11.6 Å². The molecule has 0 radical (unpaired) electrons. The smallest absolute Gasteiger partial charge is 0.252 e. The number of rotatable bonds is 6. The van der Waals surface area contributed by atoms with E-state index in [1.165, 1.54) is 17.2 Å². The lowest BCUT2D eigenvalue weighted by atomic mass is 10.1. The van der Waals surface area contributed by atoms with Crippen LogP contribution in [0.2, 0.25) is 0 Å². The summed E-state index contributed by atoms with van der Waals surface area (Å²) in [5, 5.41) is 4.01. The molecule has 0 atom stereocenters. The maximum atomic E-state index is 11.2. The van der Waals surface area contributed by atoms with Gasteiger partial charge in [0.2, 0.25) is 5.95 Å². The second-order valence-corrected chi connectivity index (χ2v) is 4.96. The lowest BCUT2D eigenvalue weighted by molar-refractivity contribution is 0.969. The Balaban J connectivity index is 2.48. The zero-order chi connectivity index (χ0) is 15.0. The van der Waals surface area contributed by atoms with Crippen molar-refractivity contribution < 1.29 is 0 Å². The highest BCUT2D eigenvalue weighted by atomic mass is 16.1. The van der Waals surface area contributed by atoms with Crippen molar-refractivity contribution in [3.8, 4) is 0 Å². The number of hydrogen-bond donors (Lipinski definition) is 2. The van der Waals surface area contributed by atoms with Crippen molar-refractivity contribution in [2.45, 2.75) is 40.5 Å². The fourth-order valence-corrected chi connectivity index (χ4v) is 1.57. The number of nitrogens with zero attached hydrogens (tertiary/aromatic N) is 2. The van der Waals surface area contributed by atoms with Crippen LogP contribution in [0.4, 0.5) is 5.95 Å². The summed E-state index contributed by atoms with van der Waals surface area (Å²) in [6.07, 6.45) is 7.88. The third-order valence-corrected chi connectivity index (χ3v) is 2.57. The lowest BCUT2D eigenvalue weighted by Crippen LogP contribution is -2.10. The second kappa shape index (κ2) is 8.09. The van der Waals surface area contributed by atoms with Crippen molar-refractivity contribution in [2.24, 2.45) is 5.10 Å². The minimum absolute atomic E-state index is 0.191. The number of aromatic nitrogens is 2. The Morgan fingerprint density at radius 1 is 1.45 bits per heavy atom. The van der Waals surface area contributed by atoms with Gasteiger partial charge in [-0.15, -0.1) is 0 Å². The molecule has 0 aliphatic carbocycles. The van der Waals surface area contributed by atoms with Crippen molar-refractivity contribution >= 4 is 12.2 Å². The van der Waals surface area contributed by atoms with E-state index < -0.39 is 0 Å². The minimum atomic E-state index is -0.191. The van der Waals surface area contributed by atoms with Crippen LogP contribution >= 0.6 is 0 Å². The fourth-order valence-electron chi connectivity index (χ4n) is 1.57. The molecular weight excluding hydrogens is 252 g/mol. The summed E-state index contributed by atoms with van der Waals surface area (Å²) in [5.74, 6) is 0.349. The van der Waals surface area contributed by atoms with Gasteiger partial charge in [-0.2, -0.15) is 5.10 Å². The summed E-state index contributed by atoms with van der Waals surface area (Å²) in [6.45, 7) is 8.02. The average Bonchev–Trinajstić information content (AvgIpc) is 2.33. The number of hydrazone groups is 1. The van der Waals surface area contributed by atoms with Crippen LogP contribution < -0.4 is 11.0 Å². The monoisotopic (exact) mass is 274 g/mol. The Morgan fingerprint density at radius 2 is 2.20 bits per heavy atom. The zero-order valence-corrected chi connectivity index (χ0v) is 12.5. The molecule has 0 saturated heterocycles. The van der Waals surface area contributed by atoms with E-state index in [-0.39, 0.29) is 5.56 Å². The summed E-state index contributed by atoms with van der Waals surface area (Å²) < 4.78 is 0. The number of allylic oxidation sites excluding steroid dienone is 4.